The minimum Gasteiger partial charge on any atom is -0.486 e. The smallest absolute Gasteiger partial charge is 0.225 e. The Hall–Kier alpha value is -4.45. The second kappa shape index (κ2) is 15.9. The molecule has 3 aliphatic rings. The Morgan fingerprint density at radius 1 is 0.660 bits per heavy atom. The van der Waals surface area contributed by atoms with Crippen molar-refractivity contribution >= 4 is 0 Å². The molecular weight excluding hydrogens is 675 g/mol. The van der Waals surface area contributed by atoms with Crippen molar-refractivity contribution in [3.05, 3.63) is 173 Å². The molecule has 0 spiro atoms. The fraction of sp³-hybridized carbons (Fsp3) is 0.318. The van der Waals surface area contributed by atoms with Crippen LogP contribution in [0.25, 0.3) is 0 Å². The average Bonchev–Trinajstić information content (AvgIpc) is 3.55. The molecule has 8 nitrogen and oxygen atoms in total. The molecule has 5 atom stereocenters. The molecule has 0 radical (unpaired) electrons. The molecule has 0 saturated carbocycles. The van der Waals surface area contributed by atoms with E-state index >= 15 is 4.39 Å². The van der Waals surface area contributed by atoms with Crippen LogP contribution in [0.5, 0.6) is 5.75 Å². The highest BCUT2D eigenvalue weighted by molar-refractivity contribution is 5.37. The van der Waals surface area contributed by atoms with Gasteiger partial charge in [-0.3, -0.25) is 0 Å². The molecule has 2 bridgehead atoms. The molecule has 274 valence electrons. The van der Waals surface area contributed by atoms with Gasteiger partial charge in [0.1, 0.15) is 41.6 Å². The summed E-state index contributed by atoms with van der Waals surface area (Å²) in [5, 5.41) is 11.1. The van der Waals surface area contributed by atoms with Gasteiger partial charge >= 0.3 is 0 Å². The Morgan fingerprint density at radius 2 is 1.25 bits per heavy atom. The summed E-state index contributed by atoms with van der Waals surface area (Å²) in [6.45, 7) is 1.48. The first kappa shape index (κ1) is 35.6. The first-order chi connectivity index (χ1) is 26.0. The van der Waals surface area contributed by atoms with Gasteiger partial charge in [0.2, 0.25) is 5.79 Å². The molecule has 0 aliphatic carbocycles. The number of hydrogen-bond acceptors (Lipinski definition) is 8. The molecular formula is C44H43FO8. The Labute approximate surface area is 309 Å². The predicted molar refractivity (Wildman–Crippen MR) is 194 cm³/mol. The van der Waals surface area contributed by atoms with Crippen molar-refractivity contribution in [2.75, 3.05) is 26.4 Å². The summed E-state index contributed by atoms with van der Waals surface area (Å²) in [5.74, 6) is -1.17. The van der Waals surface area contributed by atoms with Crippen LogP contribution in [0.15, 0.2) is 133 Å². The van der Waals surface area contributed by atoms with Crippen LogP contribution in [0.2, 0.25) is 0 Å². The lowest BCUT2D eigenvalue weighted by molar-refractivity contribution is -0.353. The zero-order valence-electron chi connectivity index (χ0n) is 29.4. The predicted octanol–water partition coefficient (Wildman–Crippen LogP) is 6.89. The fourth-order valence-corrected chi connectivity index (χ4v) is 7.24. The van der Waals surface area contributed by atoms with Gasteiger partial charge in [-0.1, -0.05) is 109 Å². The van der Waals surface area contributed by atoms with Gasteiger partial charge in [-0.15, -0.1) is 0 Å². The minimum atomic E-state index is -1.56. The summed E-state index contributed by atoms with van der Waals surface area (Å²) in [6, 6.07) is 42.1. The van der Waals surface area contributed by atoms with Crippen LogP contribution in [-0.4, -0.2) is 61.6 Å². The zero-order chi connectivity index (χ0) is 36.1. The van der Waals surface area contributed by atoms with Crippen molar-refractivity contribution in [1.29, 1.82) is 0 Å². The van der Waals surface area contributed by atoms with Crippen LogP contribution < -0.4 is 4.74 Å². The normalized spacial score (nSPS) is 25.2. The number of hydrogen-bond donors (Lipinski definition) is 1. The molecule has 3 aliphatic heterocycles. The number of fused-ring (bicyclic) bond motifs is 2. The fourth-order valence-electron chi connectivity index (χ4n) is 7.24. The Balaban J connectivity index is 1.15. The second-order valence-corrected chi connectivity index (χ2v) is 13.9. The first-order valence-electron chi connectivity index (χ1n) is 18.1. The van der Waals surface area contributed by atoms with Crippen LogP contribution in [0, 0.1) is 5.82 Å². The number of halogens is 1. The van der Waals surface area contributed by atoms with Gasteiger partial charge in [0.25, 0.3) is 0 Å². The van der Waals surface area contributed by atoms with E-state index < -0.39 is 36.3 Å². The molecule has 3 saturated heterocycles. The molecule has 8 rings (SSSR count). The van der Waals surface area contributed by atoms with Crippen LogP contribution in [0.3, 0.4) is 0 Å². The van der Waals surface area contributed by atoms with Crippen molar-refractivity contribution in [1.82, 2.24) is 0 Å². The first-order valence-corrected chi connectivity index (χ1v) is 18.1. The molecule has 3 unspecified atom stereocenters. The molecule has 5 aromatic rings. The topological polar surface area (TPSA) is 84.8 Å². The molecule has 0 amide bonds. The van der Waals surface area contributed by atoms with Crippen molar-refractivity contribution in [3.8, 4) is 5.75 Å². The highest BCUT2D eigenvalue weighted by atomic mass is 19.1. The van der Waals surface area contributed by atoms with E-state index in [4.69, 9.17) is 33.2 Å². The van der Waals surface area contributed by atoms with Crippen molar-refractivity contribution in [3.63, 3.8) is 0 Å². The Morgan fingerprint density at radius 3 is 1.81 bits per heavy atom. The lowest BCUT2D eigenvalue weighted by Crippen LogP contribution is -2.67. The standard InChI is InChI=1S/C44H43FO8/c45-39-21-18-36(23-35(39)22-31-16-19-37(20-17-31)52-38-27-47-28-38)44-42(50-26-34-14-8-3-9-15-34)40(48-24-32-10-4-1-5-11-32)41(43(29-46,53-44)30-51-44)49-25-33-12-6-2-7-13-33/h1-21,23,38,40-42,46H,22,24-30H2/t40-,41+,42?,43?,44?/m0/s1. The molecule has 9 heteroatoms. The Bertz CT molecular complexity index is 1920. The van der Waals surface area contributed by atoms with Crippen molar-refractivity contribution in [2.24, 2.45) is 0 Å². The average molecular weight is 719 g/mol. The van der Waals surface area contributed by atoms with Gasteiger partial charge in [0.15, 0.2) is 0 Å². The van der Waals surface area contributed by atoms with Gasteiger partial charge in [0.05, 0.1) is 46.2 Å². The third-order valence-corrected chi connectivity index (χ3v) is 10.1. The molecule has 53 heavy (non-hydrogen) atoms. The third-order valence-electron chi connectivity index (χ3n) is 10.1. The maximum absolute atomic E-state index is 15.6. The SMILES string of the molecule is OCC12COC(c3ccc(F)c(Cc4ccc(OC5COC5)cc4)c3)(O1)C(OCc1ccccc1)[C@@H](OCc1ccccc1)[C@H]2OCc1ccccc1. The largest absolute Gasteiger partial charge is 0.486 e. The van der Waals surface area contributed by atoms with E-state index in [2.05, 4.69) is 0 Å². The zero-order valence-corrected chi connectivity index (χ0v) is 29.4. The quantitative estimate of drug-likeness (QED) is 0.125. The summed E-state index contributed by atoms with van der Waals surface area (Å²) in [7, 11) is 0. The summed E-state index contributed by atoms with van der Waals surface area (Å²) < 4.78 is 60.8. The summed E-state index contributed by atoms with van der Waals surface area (Å²) >= 11 is 0. The maximum Gasteiger partial charge on any atom is 0.225 e. The van der Waals surface area contributed by atoms with E-state index in [-0.39, 0.29) is 38.3 Å². The summed E-state index contributed by atoms with van der Waals surface area (Å²) in [4.78, 5) is 0. The van der Waals surface area contributed by atoms with E-state index in [1.807, 2.05) is 115 Å². The highest BCUT2D eigenvalue weighted by Crippen LogP contribution is 2.53. The monoisotopic (exact) mass is 718 g/mol. The number of benzene rings is 5. The Kier molecular flexibility index (Phi) is 10.7. The lowest BCUT2D eigenvalue weighted by atomic mass is 9.82. The second-order valence-electron chi connectivity index (χ2n) is 13.9. The molecule has 3 fully saturated rings. The molecule has 1 N–H and O–H groups in total. The van der Waals surface area contributed by atoms with Crippen LogP contribution in [0.1, 0.15) is 33.4 Å². The number of aliphatic hydroxyl groups excluding tert-OH is 1. The van der Waals surface area contributed by atoms with Crippen LogP contribution >= 0.6 is 0 Å². The number of ether oxygens (including phenoxy) is 7. The molecule has 3 heterocycles. The highest BCUT2D eigenvalue weighted by Gasteiger charge is 2.69. The van der Waals surface area contributed by atoms with Crippen molar-refractivity contribution in [2.45, 2.75) is 62.0 Å². The van der Waals surface area contributed by atoms with E-state index in [1.54, 1.807) is 12.1 Å². The van der Waals surface area contributed by atoms with E-state index in [9.17, 15) is 5.11 Å². The number of aliphatic hydroxyl groups is 1. The summed E-state index contributed by atoms with van der Waals surface area (Å²) in [6.07, 6.45) is -2.07. The van der Waals surface area contributed by atoms with E-state index in [1.165, 1.54) is 6.07 Å². The van der Waals surface area contributed by atoms with Gasteiger partial charge in [-0.05, 0) is 52.1 Å². The van der Waals surface area contributed by atoms with E-state index in [0.717, 1.165) is 28.0 Å². The molecule has 5 aromatic carbocycles. The number of rotatable bonds is 15. The molecule has 0 aromatic heterocycles. The summed E-state index contributed by atoms with van der Waals surface area (Å²) in [5.41, 5.74) is 3.48. The maximum atomic E-state index is 15.6. The van der Waals surface area contributed by atoms with Gasteiger partial charge in [0, 0.05) is 12.0 Å². The van der Waals surface area contributed by atoms with E-state index in [0.29, 0.717) is 30.8 Å². The minimum absolute atomic E-state index is 0.000440. The van der Waals surface area contributed by atoms with Crippen LogP contribution in [-0.2, 0) is 60.4 Å². The van der Waals surface area contributed by atoms with Gasteiger partial charge in [-0.25, -0.2) is 4.39 Å². The van der Waals surface area contributed by atoms with Gasteiger partial charge in [-0.2, -0.15) is 0 Å². The van der Waals surface area contributed by atoms with Gasteiger partial charge < -0.3 is 38.3 Å². The van der Waals surface area contributed by atoms with Crippen LogP contribution in [0.4, 0.5) is 4.39 Å². The third kappa shape index (κ3) is 7.65. The van der Waals surface area contributed by atoms with Crippen molar-refractivity contribution < 1.29 is 42.7 Å². The lowest BCUT2D eigenvalue weighted by Gasteiger charge is -2.50.